The lowest BCUT2D eigenvalue weighted by Gasteiger charge is -2.48. The highest BCUT2D eigenvalue weighted by Gasteiger charge is 2.47. The molecule has 0 saturated heterocycles. The summed E-state index contributed by atoms with van der Waals surface area (Å²) in [6.45, 7) is 9.33. The molecule has 0 saturated carbocycles. The van der Waals surface area contributed by atoms with Crippen LogP contribution in [0.3, 0.4) is 0 Å². The minimum Gasteiger partial charge on any atom is -0.437 e. The van der Waals surface area contributed by atoms with Gasteiger partial charge in [0.15, 0.2) is 0 Å². The number of hydrogen-bond donors (Lipinski definition) is 0. The van der Waals surface area contributed by atoms with Crippen LogP contribution in [-0.2, 0) is 9.53 Å². The third-order valence-electron chi connectivity index (χ3n) is 3.82. The fraction of sp³-hybridized carbons (Fsp3) is 0.471. The summed E-state index contributed by atoms with van der Waals surface area (Å²) in [6, 6.07) is 6.07. The second-order valence-corrected chi connectivity index (χ2v) is 8.74. The minimum atomic E-state index is -1.79. The summed E-state index contributed by atoms with van der Waals surface area (Å²) in [5.74, 6) is -0.502. The molecular weight excluding hydrogens is 357 g/mol. The maximum absolute atomic E-state index is 11.6. The smallest absolute Gasteiger partial charge is 0.304 e. The Morgan fingerprint density at radius 3 is 2.39 bits per heavy atom. The Labute approximate surface area is 152 Å². The van der Waals surface area contributed by atoms with Crippen molar-refractivity contribution in [2.45, 2.75) is 50.2 Å². The van der Waals surface area contributed by atoms with Crippen LogP contribution < -0.4 is 4.90 Å². The van der Waals surface area contributed by atoms with Gasteiger partial charge < -0.3 is 9.64 Å². The van der Waals surface area contributed by atoms with Gasteiger partial charge in [-0.05, 0) is 44.9 Å². The average molecular weight is 377 g/mol. The fourth-order valence-corrected chi connectivity index (χ4v) is 3.44. The summed E-state index contributed by atoms with van der Waals surface area (Å²) in [5.41, 5.74) is 3.63. The molecule has 0 N–H and O–H groups in total. The molecule has 0 bridgehead atoms. The molecule has 1 aromatic rings. The molecule has 3 nitrogen and oxygen atoms in total. The molecule has 0 aliphatic carbocycles. The van der Waals surface area contributed by atoms with Crippen LogP contribution in [0.4, 0.5) is 5.69 Å². The Hall–Kier alpha value is -0.900. The number of fused-ring (bicyclic) bond motifs is 1. The summed E-state index contributed by atoms with van der Waals surface area (Å²) < 4.78 is 3.60. The van der Waals surface area contributed by atoms with Gasteiger partial charge in [-0.1, -0.05) is 53.0 Å². The first-order valence-corrected chi connectivity index (χ1v) is 8.40. The average Bonchev–Trinajstić information content (AvgIpc) is 2.34. The molecule has 0 spiro atoms. The van der Waals surface area contributed by atoms with Gasteiger partial charge in [0.2, 0.25) is 10.0 Å². The van der Waals surface area contributed by atoms with Crippen LogP contribution >= 0.6 is 34.8 Å². The monoisotopic (exact) mass is 375 g/mol. The van der Waals surface area contributed by atoms with Gasteiger partial charge in [0.1, 0.15) is 0 Å². The molecule has 0 amide bonds. The van der Waals surface area contributed by atoms with Crippen molar-refractivity contribution < 1.29 is 9.53 Å². The molecule has 6 heteroatoms. The Morgan fingerprint density at radius 1 is 1.26 bits per heavy atom. The van der Waals surface area contributed by atoms with Gasteiger partial charge in [0.05, 0.1) is 5.54 Å². The molecule has 2 rings (SSSR count). The number of carbonyl (C=O) groups is 1. The summed E-state index contributed by atoms with van der Waals surface area (Å²) in [6.07, 6.45) is 1.04. The molecule has 1 aromatic carbocycles. The van der Waals surface area contributed by atoms with Gasteiger partial charge in [0.25, 0.3) is 0 Å². The first-order chi connectivity index (χ1) is 10.4. The van der Waals surface area contributed by atoms with Gasteiger partial charge in [-0.3, -0.25) is 4.79 Å². The number of esters is 1. The number of anilines is 1. The summed E-state index contributed by atoms with van der Waals surface area (Å²) in [5, 5.41) is 0. The van der Waals surface area contributed by atoms with Crippen LogP contribution in [0.1, 0.15) is 38.8 Å². The van der Waals surface area contributed by atoms with Crippen molar-refractivity contribution in [1.82, 2.24) is 0 Å². The van der Waals surface area contributed by atoms with Crippen molar-refractivity contribution in [1.29, 1.82) is 0 Å². The normalized spacial score (nSPS) is 18.1. The van der Waals surface area contributed by atoms with E-state index >= 15 is 0 Å². The number of halogens is 3. The molecule has 0 radical (unpaired) electrons. The molecule has 0 unspecified atom stereocenters. The van der Waals surface area contributed by atoms with Gasteiger partial charge in [-0.15, -0.1) is 0 Å². The third kappa shape index (κ3) is 3.78. The number of ether oxygens (including phenoxy) is 1. The lowest BCUT2D eigenvalue weighted by Crippen LogP contribution is -2.57. The van der Waals surface area contributed by atoms with Crippen molar-refractivity contribution in [2.24, 2.45) is 0 Å². The summed E-state index contributed by atoms with van der Waals surface area (Å²) in [7, 11) is 0. The summed E-state index contributed by atoms with van der Waals surface area (Å²) >= 11 is 18.4. The quantitative estimate of drug-likeness (QED) is 0.521. The zero-order chi connectivity index (χ0) is 17.6. The van der Waals surface area contributed by atoms with Crippen molar-refractivity contribution in [3.63, 3.8) is 0 Å². The van der Waals surface area contributed by atoms with Crippen molar-refractivity contribution in [2.75, 3.05) is 4.90 Å². The lowest BCUT2D eigenvalue weighted by atomic mass is 9.88. The zero-order valence-electron chi connectivity index (χ0n) is 13.8. The summed E-state index contributed by atoms with van der Waals surface area (Å²) in [4.78, 5) is 13.4. The first kappa shape index (κ1) is 18.4. The molecule has 1 aliphatic rings. The standard InChI is InChI=1S/C17H20Cl3NO2/c1-10-6-7-13-11(2)9-16(4,5)21(14(13)8-10)15(17(18,19)20)23-12(3)22/h6-9,15H,1-5H3/t15-/m0/s1. The molecule has 0 fully saturated rings. The number of allylic oxidation sites excluding steroid dienone is 1. The maximum atomic E-state index is 11.6. The number of alkyl halides is 3. The highest BCUT2D eigenvalue weighted by atomic mass is 35.6. The first-order valence-electron chi connectivity index (χ1n) is 7.27. The predicted octanol–water partition coefficient (Wildman–Crippen LogP) is 5.26. The van der Waals surface area contributed by atoms with Crippen molar-refractivity contribution in [3.05, 3.63) is 35.4 Å². The molecule has 0 aromatic heterocycles. The highest BCUT2D eigenvalue weighted by molar-refractivity contribution is 6.68. The Balaban J connectivity index is 2.67. The number of carbonyl (C=O) groups excluding carboxylic acids is 1. The maximum Gasteiger partial charge on any atom is 0.304 e. The van der Waals surface area contributed by atoms with Crippen LogP contribution in [0.15, 0.2) is 24.3 Å². The van der Waals surface area contributed by atoms with Crippen molar-refractivity contribution >= 4 is 52.0 Å². The largest absolute Gasteiger partial charge is 0.437 e. The van der Waals surface area contributed by atoms with Gasteiger partial charge in [-0.25, -0.2) is 0 Å². The predicted molar refractivity (Wildman–Crippen MR) is 97.2 cm³/mol. The van der Waals surface area contributed by atoms with Crippen LogP contribution in [0.25, 0.3) is 5.57 Å². The van der Waals surface area contributed by atoms with E-state index in [9.17, 15) is 4.79 Å². The zero-order valence-corrected chi connectivity index (χ0v) is 16.1. The second-order valence-electron chi connectivity index (χ2n) is 6.38. The van der Waals surface area contributed by atoms with Gasteiger partial charge in [-0.2, -0.15) is 0 Å². The van der Waals surface area contributed by atoms with E-state index in [4.69, 9.17) is 39.5 Å². The second kappa shape index (κ2) is 6.19. The van der Waals surface area contributed by atoms with E-state index < -0.39 is 21.5 Å². The Bertz CT molecular complexity index is 662. The van der Waals surface area contributed by atoms with Gasteiger partial charge >= 0.3 is 5.97 Å². The topological polar surface area (TPSA) is 29.5 Å². The molecule has 126 valence electrons. The van der Waals surface area contributed by atoms with E-state index in [1.807, 2.05) is 50.8 Å². The van der Waals surface area contributed by atoms with Gasteiger partial charge in [0, 0.05) is 18.2 Å². The molecule has 1 aliphatic heterocycles. The molecular formula is C17H20Cl3NO2. The SMILES string of the molecule is CC(=O)O[C@H](N1c2cc(C)ccc2C(C)=CC1(C)C)C(Cl)(Cl)Cl. The van der Waals surface area contributed by atoms with E-state index in [-0.39, 0.29) is 0 Å². The number of rotatable bonds is 2. The van der Waals surface area contributed by atoms with Crippen LogP contribution in [-0.4, -0.2) is 21.5 Å². The Morgan fingerprint density at radius 2 is 1.87 bits per heavy atom. The third-order valence-corrected chi connectivity index (χ3v) is 4.38. The minimum absolute atomic E-state index is 0.491. The number of hydrogen-bond acceptors (Lipinski definition) is 3. The van der Waals surface area contributed by atoms with Crippen molar-refractivity contribution in [3.8, 4) is 0 Å². The highest BCUT2D eigenvalue weighted by Crippen LogP contribution is 2.45. The van der Waals surface area contributed by atoms with Crippen LogP contribution in [0, 0.1) is 6.92 Å². The van der Waals surface area contributed by atoms with E-state index in [0.717, 1.165) is 22.4 Å². The van der Waals surface area contributed by atoms with E-state index in [0.29, 0.717) is 0 Å². The van der Waals surface area contributed by atoms with E-state index in [1.54, 1.807) is 0 Å². The lowest BCUT2D eigenvalue weighted by molar-refractivity contribution is -0.146. The Kier molecular flexibility index (Phi) is 4.97. The molecule has 1 heterocycles. The van der Waals surface area contributed by atoms with E-state index in [2.05, 4.69) is 6.08 Å². The van der Waals surface area contributed by atoms with Crippen LogP contribution in [0.2, 0.25) is 0 Å². The fourth-order valence-electron chi connectivity index (χ4n) is 3.01. The molecule has 1 atom stereocenters. The molecule has 23 heavy (non-hydrogen) atoms. The number of aryl methyl sites for hydroxylation is 1. The van der Waals surface area contributed by atoms with E-state index in [1.165, 1.54) is 6.92 Å². The number of benzene rings is 1. The van der Waals surface area contributed by atoms with Crippen LogP contribution in [0.5, 0.6) is 0 Å². The number of nitrogens with zero attached hydrogens (tertiary/aromatic N) is 1.